The van der Waals surface area contributed by atoms with Crippen LogP contribution < -0.4 is 21.5 Å². The van der Waals surface area contributed by atoms with Crippen LogP contribution in [0.5, 0.6) is 0 Å². The van der Waals surface area contributed by atoms with Gasteiger partial charge in [0.05, 0.1) is 0 Å². The largest absolute Gasteiger partial charge is 0.423 e. The molecule has 6 nitrogen and oxygen atoms in total. The van der Waals surface area contributed by atoms with Crippen LogP contribution in [0.15, 0.2) is 54.8 Å². The molecule has 0 atom stereocenters. The van der Waals surface area contributed by atoms with Crippen LogP contribution in [0.25, 0.3) is 21.9 Å². The number of hydrogen-bond donors (Lipinski definition) is 1. The summed E-state index contributed by atoms with van der Waals surface area (Å²) in [6.45, 7) is 11.3. The lowest BCUT2D eigenvalue weighted by Gasteiger charge is -2.18. The number of anilines is 2. The van der Waals surface area contributed by atoms with E-state index < -0.39 is 0 Å². The van der Waals surface area contributed by atoms with Crippen molar-refractivity contribution in [3.8, 4) is 0 Å². The van der Waals surface area contributed by atoms with Crippen molar-refractivity contribution in [3.05, 3.63) is 79.5 Å². The second-order valence-corrected chi connectivity index (χ2v) is 9.00. The molecule has 0 bridgehead atoms. The number of benzene rings is 2. The van der Waals surface area contributed by atoms with Crippen molar-refractivity contribution in [2.24, 2.45) is 0 Å². The standard InChI is InChI=1S/2C15H19NO2/c1-5-10-8-15(17)18-14-9-13(16(3)4)11(6-2)7-12(10)14;1-4-10-8-15(17)18-14-9-13(16-6-3)11(5-2)7-12(10)14/h7-9H,5-6H2,1-4H3;7-9,16H,4-6H2,1-3H3. The Labute approximate surface area is 212 Å². The quantitative estimate of drug-likeness (QED) is 0.305. The van der Waals surface area contributed by atoms with Crippen molar-refractivity contribution in [1.82, 2.24) is 0 Å². The predicted octanol–water partition coefficient (Wildman–Crippen LogP) is 6.33. The summed E-state index contributed by atoms with van der Waals surface area (Å²) in [5.41, 5.74) is 7.63. The second kappa shape index (κ2) is 11.9. The molecule has 0 radical (unpaired) electrons. The van der Waals surface area contributed by atoms with Gasteiger partial charge >= 0.3 is 11.3 Å². The highest BCUT2D eigenvalue weighted by Gasteiger charge is 2.11. The minimum atomic E-state index is -0.272. The van der Waals surface area contributed by atoms with Gasteiger partial charge in [0.15, 0.2) is 0 Å². The van der Waals surface area contributed by atoms with Crippen LogP contribution in [0.1, 0.15) is 56.9 Å². The number of nitrogens with one attached hydrogen (secondary N) is 1. The van der Waals surface area contributed by atoms with Gasteiger partial charge in [0, 0.05) is 67.1 Å². The van der Waals surface area contributed by atoms with Gasteiger partial charge in [0.2, 0.25) is 0 Å². The maximum atomic E-state index is 11.5. The van der Waals surface area contributed by atoms with Crippen molar-refractivity contribution in [1.29, 1.82) is 0 Å². The fourth-order valence-electron chi connectivity index (χ4n) is 4.56. The van der Waals surface area contributed by atoms with Gasteiger partial charge in [-0.15, -0.1) is 0 Å². The third-order valence-electron chi connectivity index (χ3n) is 6.46. The fraction of sp³-hybridized carbons (Fsp3) is 0.400. The van der Waals surface area contributed by atoms with E-state index in [9.17, 15) is 9.59 Å². The first kappa shape index (κ1) is 27.1. The smallest absolute Gasteiger partial charge is 0.336 e. The second-order valence-electron chi connectivity index (χ2n) is 9.00. The molecule has 0 saturated carbocycles. The van der Waals surface area contributed by atoms with Gasteiger partial charge in [-0.25, -0.2) is 9.59 Å². The number of aryl methyl sites for hydroxylation is 4. The zero-order chi connectivity index (χ0) is 26.4. The van der Waals surface area contributed by atoms with Crippen molar-refractivity contribution in [2.45, 2.75) is 60.3 Å². The molecule has 0 aliphatic carbocycles. The molecule has 0 aliphatic heterocycles. The van der Waals surface area contributed by atoms with Gasteiger partial charge in [0.1, 0.15) is 11.2 Å². The molecular formula is C30H38N2O4. The average Bonchev–Trinajstić information content (AvgIpc) is 2.86. The maximum Gasteiger partial charge on any atom is 0.336 e. The number of fused-ring (bicyclic) bond motifs is 2. The highest BCUT2D eigenvalue weighted by atomic mass is 16.4. The van der Waals surface area contributed by atoms with Crippen molar-refractivity contribution in [3.63, 3.8) is 0 Å². The Morgan fingerprint density at radius 1 is 0.639 bits per heavy atom. The van der Waals surface area contributed by atoms with Gasteiger partial charge in [-0.2, -0.15) is 0 Å². The summed E-state index contributed by atoms with van der Waals surface area (Å²) in [5, 5.41) is 5.42. The topological polar surface area (TPSA) is 75.7 Å². The van der Waals surface area contributed by atoms with Crippen LogP contribution in [0, 0.1) is 0 Å². The van der Waals surface area contributed by atoms with E-state index in [-0.39, 0.29) is 11.3 Å². The van der Waals surface area contributed by atoms with Crippen molar-refractivity contribution in [2.75, 3.05) is 30.9 Å². The molecule has 0 aliphatic rings. The summed E-state index contributed by atoms with van der Waals surface area (Å²) in [4.78, 5) is 25.1. The molecule has 0 fully saturated rings. The Hall–Kier alpha value is -3.54. The van der Waals surface area contributed by atoms with E-state index in [1.165, 1.54) is 11.1 Å². The Balaban J connectivity index is 0.000000201. The molecule has 0 amide bonds. The van der Waals surface area contributed by atoms with E-state index in [1.54, 1.807) is 12.1 Å². The van der Waals surface area contributed by atoms with E-state index >= 15 is 0 Å². The minimum Gasteiger partial charge on any atom is -0.423 e. The average molecular weight is 491 g/mol. The molecule has 2 aromatic heterocycles. The minimum absolute atomic E-state index is 0.270. The molecule has 0 spiro atoms. The first-order valence-electron chi connectivity index (χ1n) is 12.9. The van der Waals surface area contributed by atoms with Crippen LogP contribution in [0.4, 0.5) is 11.4 Å². The highest BCUT2D eigenvalue weighted by Crippen LogP contribution is 2.28. The van der Waals surface area contributed by atoms with Gasteiger partial charge in [-0.3, -0.25) is 0 Å². The molecule has 2 heterocycles. The Bertz CT molecular complexity index is 1460. The predicted molar refractivity (Wildman–Crippen MR) is 151 cm³/mol. The summed E-state index contributed by atoms with van der Waals surface area (Å²) in [6.07, 6.45) is 3.60. The van der Waals surface area contributed by atoms with Crippen LogP contribution in [0.2, 0.25) is 0 Å². The molecule has 1 N–H and O–H groups in total. The maximum absolute atomic E-state index is 11.5. The Morgan fingerprint density at radius 2 is 1.11 bits per heavy atom. The SMILES string of the molecule is CCNc1cc2oc(=O)cc(CC)c2cc1CC.CCc1cc2c(CC)cc(=O)oc2cc1N(C)C. The van der Waals surface area contributed by atoms with Gasteiger partial charge < -0.3 is 19.1 Å². The van der Waals surface area contributed by atoms with Crippen molar-refractivity contribution < 1.29 is 8.83 Å². The molecule has 0 saturated heterocycles. The lowest BCUT2D eigenvalue weighted by atomic mass is 10.0. The Kier molecular flexibility index (Phi) is 8.97. The zero-order valence-corrected chi connectivity index (χ0v) is 22.6. The van der Waals surface area contributed by atoms with Gasteiger partial charge in [-0.1, -0.05) is 27.7 Å². The fourth-order valence-corrected chi connectivity index (χ4v) is 4.56. The normalized spacial score (nSPS) is 10.9. The summed E-state index contributed by atoms with van der Waals surface area (Å²) in [5.74, 6) is 0. The van der Waals surface area contributed by atoms with Crippen LogP contribution >= 0.6 is 0 Å². The lowest BCUT2D eigenvalue weighted by Crippen LogP contribution is -2.11. The van der Waals surface area contributed by atoms with E-state index in [1.807, 2.05) is 26.2 Å². The molecule has 0 unspecified atom stereocenters. The van der Waals surface area contributed by atoms with Crippen LogP contribution in [-0.4, -0.2) is 20.6 Å². The van der Waals surface area contributed by atoms with E-state index in [0.29, 0.717) is 11.2 Å². The number of rotatable bonds is 7. The molecule has 2 aromatic carbocycles. The highest BCUT2D eigenvalue weighted by molar-refractivity contribution is 5.86. The number of nitrogens with zero attached hydrogens (tertiary/aromatic N) is 1. The van der Waals surface area contributed by atoms with E-state index in [4.69, 9.17) is 8.83 Å². The first-order chi connectivity index (χ1) is 17.3. The summed E-state index contributed by atoms with van der Waals surface area (Å²) in [6, 6.07) is 11.4. The summed E-state index contributed by atoms with van der Waals surface area (Å²) in [7, 11) is 4.00. The third kappa shape index (κ3) is 5.81. The molecule has 36 heavy (non-hydrogen) atoms. The molecule has 4 rings (SSSR count). The van der Waals surface area contributed by atoms with Gasteiger partial charge in [-0.05, 0) is 67.0 Å². The van der Waals surface area contributed by atoms with E-state index in [2.05, 4.69) is 57.0 Å². The molecule has 4 aromatic rings. The molecule has 6 heteroatoms. The molecule has 192 valence electrons. The van der Waals surface area contributed by atoms with Crippen LogP contribution in [-0.2, 0) is 25.7 Å². The summed E-state index contributed by atoms with van der Waals surface area (Å²) >= 11 is 0. The third-order valence-corrected chi connectivity index (χ3v) is 6.46. The van der Waals surface area contributed by atoms with Gasteiger partial charge in [0.25, 0.3) is 0 Å². The monoisotopic (exact) mass is 490 g/mol. The van der Waals surface area contributed by atoms with Crippen LogP contribution in [0.3, 0.4) is 0 Å². The lowest BCUT2D eigenvalue weighted by molar-refractivity contribution is 0.558. The van der Waals surface area contributed by atoms with Crippen molar-refractivity contribution >= 4 is 33.3 Å². The summed E-state index contributed by atoms with van der Waals surface area (Å²) < 4.78 is 10.6. The first-order valence-corrected chi connectivity index (χ1v) is 12.9. The molecular weight excluding hydrogens is 452 g/mol. The van der Waals surface area contributed by atoms with E-state index in [0.717, 1.165) is 65.5 Å². The number of hydrogen-bond acceptors (Lipinski definition) is 6. The zero-order valence-electron chi connectivity index (χ0n) is 22.6. The Morgan fingerprint density at radius 3 is 1.56 bits per heavy atom.